The fourth-order valence-electron chi connectivity index (χ4n) is 0.890. The first-order chi connectivity index (χ1) is 5.77. The van der Waals surface area contributed by atoms with Crippen LogP contribution in [0.5, 0.6) is 0 Å². The molecule has 0 saturated heterocycles. The number of rotatable bonds is 1. The molecular weight excluding hydrogens is 180 g/mol. The molecule has 2 aromatic heterocycles. The van der Waals surface area contributed by atoms with E-state index in [2.05, 4.69) is 10.1 Å². The normalized spacial score (nSPS) is 10.5. The van der Waals surface area contributed by atoms with E-state index in [1.807, 2.05) is 13.0 Å². The summed E-state index contributed by atoms with van der Waals surface area (Å²) in [6.07, 6.45) is 1.56. The maximum atomic E-state index is 5.47. The molecule has 0 aliphatic carbocycles. The standard InChI is InChI=1S/C7H5ClN2O2/c1-4-2-3-11-5(4)6-9-7(8)10-12-6/h2-3H,1H3. The van der Waals surface area contributed by atoms with E-state index >= 15 is 0 Å². The summed E-state index contributed by atoms with van der Waals surface area (Å²) in [6.45, 7) is 1.89. The number of nitrogens with zero attached hydrogens (tertiary/aromatic N) is 2. The molecule has 0 spiro atoms. The van der Waals surface area contributed by atoms with Crippen molar-refractivity contribution < 1.29 is 8.94 Å². The van der Waals surface area contributed by atoms with Crippen molar-refractivity contribution in [3.05, 3.63) is 23.2 Å². The van der Waals surface area contributed by atoms with Gasteiger partial charge in [0.15, 0.2) is 5.76 Å². The van der Waals surface area contributed by atoms with Gasteiger partial charge in [0.05, 0.1) is 6.26 Å². The van der Waals surface area contributed by atoms with Gasteiger partial charge >= 0.3 is 0 Å². The zero-order valence-corrected chi connectivity index (χ0v) is 7.00. The summed E-state index contributed by atoms with van der Waals surface area (Å²) in [5.41, 5.74) is 0.940. The Kier molecular flexibility index (Phi) is 1.62. The molecule has 2 rings (SSSR count). The highest BCUT2D eigenvalue weighted by Gasteiger charge is 2.12. The van der Waals surface area contributed by atoms with Crippen molar-refractivity contribution in [1.82, 2.24) is 10.1 Å². The lowest BCUT2D eigenvalue weighted by atomic mass is 10.3. The zero-order valence-electron chi connectivity index (χ0n) is 6.24. The van der Waals surface area contributed by atoms with Crippen molar-refractivity contribution in [1.29, 1.82) is 0 Å². The molecule has 0 unspecified atom stereocenters. The van der Waals surface area contributed by atoms with Gasteiger partial charge in [-0.1, -0.05) is 0 Å². The lowest BCUT2D eigenvalue weighted by molar-refractivity contribution is 0.415. The first kappa shape index (κ1) is 7.36. The van der Waals surface area contributed by atoms with Crippen molar-refractivity contribution in [2.24, 2.45) is 0 Å². The molecule has 0 aromatic carbocycles. The predicted octanol–water partition coefficient (Wildman–Crippen LogP) is 2.29. The topological polar surface area (TPSA) is 52.1 Å². The Morgan fingerprint density at radius 2 is 2.33 bits per heavy atom. The molecule has 2 heterocycles. The lowest BCUT2D eigenvalue weighted by Crippen LogP contribution is -1.75. The lowest BCUT2D eigenvalue weighted by Gasteiger charge is -1.86. The molecule has 12 heavy (non-hydrogen) atoms. The van der Waals surface area contributed by atoms with Gasteiger partial charge in [0.2, 0.25) is 0 Å². The van der Waals surface area contributed by atoms with E-state index in [1.165, 1.54) is 0 Å². The van der Waals surface area contributed by atoms with Gasteiger partial charge in [-0.15, -0.1) is 0 Å². The molecule has 0 saturated carbocycles. The third kappa shape index (κ3) is 1.10. The van der Waals surface area contributed by atoms with E-state index in [1.54, 1.807) is 6.26 Å². The highest BCUT2D eigenvalue weighted by molar-refractivity contribution is 6.28. The van der Waals surface area contributed by atoms with Crippen LogP contribution in [0.1, 0.15) is 5.56 Å². The van der Waals surface area contributed by atoms with Gasteiger partial charge in [-0.25, -0.2) is 0 Å². The minimum atomic E-state index is 0.0841. The molecule has 5 heteroatoms. The minimum Gasteiger partial charge on any atom is -0.459 e. The highest BCUT2D eigenvalue weighted by atomic mass is 35.5. The number of hydrogen-bond donors (Lipinski definition) is 0. The maximum Gasteiger partial charge on any atom is 0.294 e. The van der Waals surface area contributed by atoms with Gasteiger partial charge in [-0.2, -0.15) is 4.98 Å². The number of halogens is 1. The van der Waals surface area contributed by atoms with Crippen molar-refractivity contribution >= 4 is 11.6 Å². The second kappa shape index (κ2) is 2.64. The van der Waals surface area contributed by atoms with E-state index in [0.717, 1.165) is 5.56 Å². The molecule has 2 aromatic rings. The zero-order chi connectivity index (χ0) is 8.55. The summed E-state index contributed by atoms with van der Waals surface area (Å²) < 4.78 is 9.91. The molecule has 0 aliphatic rings. The van der Waals surface area contributed by atoms with E-state index < -0.39 is 0 Å². The summed E-state index contributed by atoms with van der Waals surface area (Å²) in [5.74, 6) is 0.872. The van der Waals surface area contributed by atoms with Crippen LogP contribution in [-0.2, 0) is 0 Å². The summed E-state index contributed by atoms with van der Waals surface area (Å²) in [5, 5.41) is 3.52. The summed E-state index contributed by atoms with van der Waals surface area (Å²) in [6, 6.07) is 1.81. The van der Waals surface area contributed by atoms with Gasteiger partial charge in [-0.05, 0) is 29.7 Å². The first-order valence-electron chi connectivity index (χ1n) is 3.31. The highest BCUT2D eigenvalue weighted by Crippen LogP contribution is 2.22. The molecule has 0 bridgehead atoms. The van der Waals surface area contributed by atoms with Crippen molar-refractivity contribution in [3.8, 4) is 11.7 Å². The second-order valence-corrected chi connectivity index (χ2v) is 2.64. The van der Waals surface area contributed by atoms with Crippen LogP contribution in [0.2, 0.25) is 5.28 Å². The summed E-state index contributed by atoms with van der Waals surface area (Å²) >= 11 is 5.47. The van der Waals surface area contributed by atoms with Crippen molar-refractivity contribution in [2.45, 2.75) is 6.92 Å². The van der Waals surface area contributed by atoms with Crippen LogP contribution in [0.15, 0.2) is 21.3 Å². The Labute approximate surface area is 73.1 Å². The van der Waals surface area contributed by atoms with Gasteiger partial charge in [0.1, 0.15) is 0 Å². The quantitative estimate of drug-likeness (QED) is 0.682. The molecule has 0 atom stereocenters. The van der Waals surface area contributed by atoms with E-state index in [-0.39, 0.29) is 5.28 Å². The summed E-state index contributed by atoms with van der Waals surface area (Å²) in [4.78, 5) is 3.81. The van der Waals surface area contributed by atoms with Gasteiger partial charge in [-0.3, -0.25) is 0 Å². The van der Waals surface area contributed by atoms with Crippen LogP contribution < -0.4 is 0 Å². The van der Waals surface area contributed by atoms with Crippen molar-refractivity contribution in [3.63, 3.8) is 0 Å². The van der Waals surface area contributed by atoms with E-state index in [4.69, 9.17) is 20.5 Å². The fraction of sp³-hybridized carbons (Fsp3) is 0.143. The predicted molar refractivity (Wildman–Crippen MR) is 41.7 cm³/mol. The third-order valence-electron chi connectivity index (χ3n) is 1.46. The third-order valence-corrected chi connectivity index (χ3v) is 1.61. The molecule has 0 amide bonds. The van der Waals surface area contributed by atoms with E-state index in [9.17, 15) is 0 Å². The van der Waals surface area contributed by atoms with Gasteiger partial charge < -0.3 is 8.94 Å². The van der Waals surface area contributed by atoms with Crippen LogP contribution >= 0.6 is 11.6 Å². The fourth-order valence-corrected chi connectivity index (χ4v) is 1.00. The van der Waals surface area contributed by atoms with Crippen LogP contribution in [0, 0.1) is 6.92 Å². The largest absolute Gasteiger partial charge is 0.459 e. The first-order valence-corrected chi connectivity index (χ1v) is 3.69. The van der Waals surface area contributed by atoms with Crippen LogP contribution in [0.4, 0.5) is 0 Å². The number of hydrogen-bond acceptors (Lipinski definition) is 4. The van der Waals surface area contributed by atoms with Gasteiger partial charge in [0.25, 0.3) is 11.2 Å². The average Bonchev–Trinajstić information content (AvgIpc) is 2.58. The summed E-state index contributed by atoms with van der Waals surface area (Å²) in [7, 11) is 0. The Balaban J connectivity index is 2.50. The molecule has 4 nitrogen and oxygen atoms in total. The molecule has 0 radical (unpaired) electrons. The number of aromatic nitrogens is 2. The van der Waals surface area contributed by atoms with E-state index in [0.29, 0.717) is 11.7 Å². The molecule has 0 fully saturated rings. The Hall–Kier alpha value is -1.29. The van der Waals surface area contributed by atoms with Crippen molar-refractivity contribution in [2.75, 3.05) is 0 Å². The van der Waals surface area contributed by atoms with Crippen LogP contribution in [0.3, 0.4) is 0 Å². The monoisotopic (exact) mass is 184 g/mol. The molecule has 62 valence electrons. The maximum absolute atomic E-state index is 5.47. The Morgan fingerprint density at radius 1 is 1.50 bits per heavy atom. The van der Waals surface area contributed by atoms with Crippen LogP contribution in [0.25, 0.3) is 11.7 Å². The average molecular weight is 185 g/mol. The molecule has 0 N–H and O–H groups in total. The van der Waals surface area contributed by atoms with Gasteiger partial charge in [0, 0.05) is 5.56 Å². The Morgan fingerprint density at radius 3 is 2.83 bits per heavy atom. The smallest absolute Gasteiger partial charge is 0.294 e. The Bertz CT molecular complexity index is 394. The molecular formula is C7H5ClN2O2. The molecule has 0 aliphatic heterocycles. The number of furan rings is 1. The SMILES string of the molecule is Cc1ccoc1-c1nc(Cl)no1. The second-order valence-electron chi connectivity index (χ2n) is 2.30. The minimum absolute atomic E-state index is 0.0841. The van der Waals surface area contributed by atoms with Crippen LogP contribution in [-0.4, -0.2) is 10.1 Å². The number of aryl methyl sites for hydroxylation is 1.